The van der Waals surface area contributed by atoms with Crippen molar-refractivity contribution in [2.24, 2.45) is 0 Å². The van der Waals surface area contributed by atoms with Gasteiger partial charge in [-0.05, 0) is 31.2 Å². The van der Waals surface area contributed by atoms with Crippen molar-refractivity contribution in [2.75, 3.05) is 12.4 Å². The van der Waals surface area contributed by atoms with Gasteiger partial charge in [0, 0.05) is 6.20 Å². The molecule has 2 aromatic heterocycles. The third-order valence-corrected chi connectivity index (χ3v) is 5.24. The van der Waals surface area contributed by atoms with Crippen LogP contribution in [0.25, 0.3) is 11.4 Å². The highest BCUT2D eigenvalue weighted by atomic mass is 32.2. The summed E-state index contributed by atoms with van der Waals surface area (Å²) < 4.78 is 68.3. The molecule has 2 aromatic rings. The van der Waals surface area contributed by atoms with Crippen LogP contribution in [0.15, 0.2) is 41.6 Å². The number of halogens is 3. The van der Waals surface area contributed by atoms with Crippen LogP contribution in [0.2, 0.25) is 0 Å². The van der Waals surface area contributed by atoms with Crippen molar-refractivity contribution >= 4 is 9.84 Å². The van der Waals surface area contributed by atoms with Crippen molar-refractivity contribution in [3.63, 3.8) is 0 Å². The summed E-state index contributed by atoms with van der Waals surface area (Å²) in [5, 5.41) is 0. The summed E-state index contributed by atoms with van der Waals surface area (Å²) in [7, 11) is -3.50. The maximum Gasteiger partial charge on any atom is 0.311 e. The van der Waals surface area contributed by atoms with E-state index in [1.54, 1.807) is 0 Å². The molecule has 0 aliphatic carbocycles. The molecule has 0 aliphatic rings. The SMILES string of the molecule is CCS(=O)(=O)c1cccnc1-c1ccc(OCC(F)(F)C(C)F)cn1. The number of aromatic nitrogens is 2. The van der Waals surface area contributed by atoms with Gasteiger partial charge in [-0.2, -0.15) is 8.78 Å². The second kappa shape index (κ2) is 7.38. The standard InChI is InChI=1S/C16H17F3N2O3S/c1-3-25(22,23)14-5-4-8-20-15(14)13-7-6-12(9-21-13)24-10-16(18,19)11(2)17/h4-9,11H,3,10H2,1-2H3. The van der Waals surface area contributed by atoms with Crippen LogP contribution in [0.4, 0.5) is 13.2 Å². The highest BCUT2D eigenvalue weighted by Gasteiger charge is 2.37. The molecule has 1 unspecified atom stereocenters. The van der Waals surface area contributed by atoms with Crippen LogP contribution in [0, 0.1) is 0 Å². The lowest BCUT2D eigenvalue weighted by Crippen LogP contribution is -2.34. The Morgan fingerprint density at radius 3 is 2.52 bits per heavy atom. The lowest BCUT2D eigenvalue weighted by atomic mass is 10.2. The van der Waals surface area contributed by atoms with Crippen LogP contribution < -0.4 is 4.74 Å². The van der Waals surface area contributed by atoms with E-state index >= 15 is 0 Å². The lowest BCUT2D eigenvalue weighted by Gasteiger charge is -2.18. The third kappa shape index (κ3) is 4.47. The minimum atomic E-state index is -3.61. The Labute approximate surface area is 143 Å². The number of ether oxygens (including phenoxy) is 1. The van der Waals surface area contributed by atoms with Crippen LogP contribution in [0.3, 0.4) is 0 Å². The van der Waals surface area contributed by atoms with Gasteiger partial charge in [0.25, 0.3) is 0 Å². The number of sulfone groups is 1. The molecule has 0 amide bonds. The molecular weight excluding hydrogens is 357 g/mol. The smallest absolute Gasteiger partial charge is 0.311 e. The van der Waals surface area contributed by atoms with Gasteiger partial charge < -0.3 is 4.74 Å². The molecule has 2 rings (SSSR count). The fraction of sp³-hybridized carbons (Fsp3) is 0.375. The van der Waals surface area contributed by atoms with Gasteiger partial charge in [0.2, 0.25) is 0 Å². The largest absolute Gasteiger partial charge is 0.486 e. The second-order valence-electron chi connectivity index (χ2n) is 5.30. The monoisotopic (exact) mass is 374 g/mol. The first-order chi connectivity index (χ1) is 11.7. The molecule has 5 nitrogen and oxygen atoms in total. The predicted molar refractivity (Wildman–Crippen MR) is 86.2 cm³/mol. The Morgan fingerprint density at radius 1 is 1.24 bits per heavy atom. The molecule has 136 valence electrons. The minimum absolute atomic E-state index is 0.0138. The van der Waals surface area contributed by atoms with Crippen molar-refractivity contribution in [2.45, 2.75) is 30.8 Å². The topological polar surface area (TPSA) is 69.2 Å². The molecule has 0 saturated heterocycles. The molecule has 0 saturated carbocycles. The molecular formula is C16H17F3N2O3S. The van der Waals surface area contributed by atoms with Crippen LogP contribution >= 0.6 is 0 Å². The van der Waals surface area contributed by atoms with E-state index in [2.05, 4.69) is 9.97 Å². The fourth-order valence-electron chi connectivity index (χ4n) is 1.89. The van der Waals surface area contributed by atoms with Crippen LogP contribution in [-0.2, 0) is 9.84 Å². The fourth-order valence-corrected chi connectivity index (χ4v) is 2.94. The van der Waals surface area contributed by atoms with E-state index in [4.69, 9.17) is 4.74 Å². The first kappa shape index (κ1) is 19.2. The van der Waals surface area contributed by atoms with Crippen LogP contribution in [0.1, 0.15) is 13.8 Å². The zero-order chi connectivity index (χ0) is 18.7. The molecule has 2 heterocycles. The van der Waals surface area contributed by atoms with Gasteiger partial charge in [-0.15, -0.1) is 0 Å². The van der Waals surface area contributed by atoms with Gasteiger partial charge in [0.05, 0.1) is 22.5 Å². The summed E-state index contributed by atoms with van der Waals surface area (Å²) in [4.78, 5) is 8.10. The van der Waals surface area contributed by atoms with E-state index in [0.29, 0.717) is 0 Å². The molecule has 0 aliphatic heterocycles. The third-order valence-electron chi connectivity index (χ3n) is 3.48. The Kier molecular flexibility index (Phi) is 5.66. The van der Waals surface area contributed by atoms with E-state index in [1.165, 1.54) is 37.4 Å². The number of pyridine rings is 2. The Bertz CT molecular complexity index is 825. The average Bonchev–Trinajstić information content (AvgIpc) is 2.60. The summed E-state index contributed by atoms with van der Waals surface area (Å²) in [6.07, 6.45) is 0.250. The zero-order valence-electron chi connectivity index (χ0n) is 13.6. The highest BCUT2D eigenvalue weighted by Crippen LogP contribution is 2.27. The summed E-state index contributed by atoms with van der Waals surface area (Å²) in [5.74, 6) is -3.69. The maximum atomic E-state index is 13.2. The number of hydrogen-bond acceptors (Lipinski definition) is 5. The summed E-state index contributed by atoms with van der Waals surface area (Å²) >= 11 is 0. The van der Waals surface area contributed by atoms with E-state index in [-0.39, 0.29) is 27.8 Å². The molecule has 0 N–H and O–H groups in total. The number of hydrogen-bond donors (Lipinski definition) is 0. The summed E-state index contributed by atoms with van der Waals surface area (Å²) in [6.45, 7) is 1.15. The normalized spacial score (nSPS) is 13.5. The summed E-state index contributed by atoms with van der Waals surface area (Å²) in [5.41, 5.74) is 0.421. The van der Waals surface area contributed by atoms with Gasteiger partial charge in [0.1, 0.15) is 11.4 Å². The molecule has 25 heavy (non-hydrogen) atoms. The Hall–Kier alpha value is -2.16. The van der Waals surface area contributed by atoms with E-state index in [1.807, 2.05) is 0 Å². The second-order valence-corrected chi connectivity index (χ2v) is 7.55. The molecule has 0 bridgehead atoms. The highest BCUT2D eigenvalue weighted by molar-refractivity contribution is 7.91. The van der Waals surface area contributed by atoms with Crippen molar-refractivity contribution in [1.29, 1.82) is 0 Å². The maximum absolute atomic E-state index is 13.2. The van der Waals surface area contributed by atoms with E-state index in [9.17, 15) is 21.6 Å². The molecule has 0 fully saturated rings. The molecule has 0 spiro atoms. The van der Waals surface area contributed by atoms with Gasteiger partial charge in [-0.1, -0.05) is 6.92 Å². The van der Waals surface area contributed by atoms with Crippen molar-refractivity contribution in [3.05, 3.63) is 36.7 Å². The van der Waals surface area contributed by atoms with Crippen molar-refractivity contribution in [1.82, 2.24) is 9.97 Å². The molecule has 0 radical (unpaired) electrons. The van der Waals surface area contributed by atoms with Gasteiger partial charge in [-0.25, -0.2) is 12.8 Å². The van der Waals surface area contributed by atoms with Gasteiger partial charge in [-0.3, -0.25) is 9.97 Å². The lowest BCUT2D eigenvalue weighted by molar-refractivity contribution is -0.0941. The number of rotatable bonds is 7. The summed E-state index contributed by atoms with van der Waals surface area (Å²) in [6, 6.07) is 5.68. The van der Waals surface area contributed by atoms with Crippen LogP contribution in [-0.4, -0.2) is 42.8 Å². The molecule has 1 atom stereocenters. The number of alkyl halides is 3. The Balaban J connectivity index is 2.25. The van der Waals surface area contributed by atoms with Gasteiger partial charge in [0.15, 0.2) is 22.6 Å². The first-order valence-corrected chi connectivity index (χ1v) is 9.11. The van der Waals surface area contributed by atoms with E-state index < -0.39 is 28.5 Å². The number of nitrogens with zero attached hydrogens (tertiary/aromatic N) is 2. The zero-order valence-corrected chi connectivity index (χ0v) is 14.4. The Morgan fingerprint density at radius 2 is 1.96 bits per heavy atom. The minimum Gasteiger partial charge on any atom is -0.486 e. The van der Waals surface area contributed by atoms with Crippen LogP contribution in [0.5, 0.6) is 5.75 Å². The molecule has 9 heteroatoms. The van der Waals surface area contributed by atoms with Crippen molar-refractivity contribution < 1.29 is 26.3 Å². The van der Waals surface area contributed by atoms with E-state index in [0.717, 1.165) is 13.1 Å². The van der Waals surface area contributed by atoms with Gasteiger partial charge >= 0.3 is 5.92 Å². The quantitative estimate of drug-likeness (QED) is 0.744. The average molecular weight is 374 g/mol. The van der Waals surface area contributed by atoms with Crippen molar-refractivity contribution in [3.8, 4) is 17.1 Å². The predicted octanol–water partition coefficient (Wildman–Crippen LogP) is 3.31. The first-order valence-electron chi connectivity index (χ1n) is 7.46. The molecule has 0 aromatic carbocycles.